The quantitative estimate of drug-likeness (QED) is 0.400. The molecule has 0 rings (SSSR count). The summed E-state index contributed by atoms with van der Waals surface area (Å²) in [6.07, 6.45) is -1.55. The van der Waals surface area contributed by atoms with Crippen molar-refractivity contribution < 1.29 is 19.8 Å². The second-order valence-electron chi connectivity index (χ2n) is 1.81. The number of aliphatic carboxylic acids is 1. The van der Waals surface area contributed by atoms with Gasteiger partial charge in [0.05, 0.1) is 6.54 Å². The number of hydrogen-bond donors (Lipinski definition) is 4. The molecule has 11 heavy (non-hydrogen) atoms. The van der Waals surface area contributed by atoms with Crippen molar-refractivity contribution in [2.75, 3.05) is 13.6 Å². The van der Waals surface area contributed by atoms with E-state index in [1.54, 1.807) is 0 Å². The molecule has 0 aromatic heterocycles. The highest BCUT2D eigenvalue weighted by Crippen LogP contribution is 1.78. The minimum absolute atomic E-state index is 0.297. The Labute approximate surface area is 63.2 Å². The van der Waals surface area contributed by atoms with Gasteiger partial charge in [-0.1, -0.05) is 0 Å². The van der Waals surface area contributed by atoms with Crippen molar-refractivity contribution in [3.05, 3.63) is 0 Å². The van der Waals surface area contributed by atoms with Crippen LogP contribution in [0.1, 0.15) is 0 Å². The molecule has 0 aliphatic carbocycles. The van der Waals surface area contributed by atoms with Crippen LogP contribution in [0.15, 0.2) is 0 Å². The van der Waals surface area contributed by atoms with Crippen LogP contribution in [0.25, 0.3) is 0 Å². The average molecular weight is 162 g/mol. The van der Waals surface area contributed by atoms with Crippen LogP contribution in [0.2, 0.25) is 0 Å². The van der Waals surface area contributed by atoms with Gasteiger partial charge in [-0.25, -0.2) is 9.59 Å². The van der Waals surface area contributed by atoms with Gasteiger partial charge >= 0.3 is 12.0 Å². The lowest BCUT2D eigenvalue weighted by Gasteiger charge is -2.06. The van der Waals surface area contributed by atoms with Gasteiger partial charge in [-0.3, -0.25) is 0 Å². The number of rotatable bonds is 3. The van der Waals surface area contributed by atoms with E-state index in [1.165, 1.54) is 7.05 Å². The summed E-state index contributed by atoms with van der Waals surface area (Å²) in [6.45, 7) is -0.297. The zero-order valence-corrected chi connectivity index (χ0v) is 6.00. The molecule has 0 unspecified atom stereocenters. The summed E-state index contributed by atoms with van der Waals surface area (Å²) in [5.41, 5.74) is 0. The first-order valence-corrected chi connectivity index (χ1v) is 2.94. The Balaban J connectivity index is 3.54. The van der Waals surface area contributed by atoms with E-state index in [9.17, 15) is 9.59 Å². The molecule has 0 saturated heterocycles. The molecule has 0 spiro atoms. The highest BCUT2D eigenvalue weighted by Gasteiger charge is 2.12. The van der Waals surface area contributed by atoms with Gasteiger partial charge in [0, 0.05) is 7.05 Å². The van der Waals surface area contributed by atoms with Crippen LogP contribution in [0.5, 0.6) is 0 Å². The van der Waals surface area contributed by atoms with E-state index in [0.29, 0.717) is 0 Å². The molecule has 0 aliphatic rings. The second-order valence-corrected chi connectivity index (χ2v) is 1.81. The zero-order valence-electron chi connectivity index (χ0n) is 6.00. The third-order valence-electron chi connectivity index (χ3n) is 0.968. The van der Waals surface area contributed by atoms with Crippen LogP contribution in [0, 0.1) is 0 Å². The van der Waals surface area contributed by atoms with Gasteiger partial charge in [-0.05, 0) is 0 Å². The largest absolute Gasteiger partial charge is 0.479 e. The van der Waals surface area contributed by atoms with E-state index in [-0.39, 0.29) is 6.54 Å². The number of aliphatic hydroxyl groups is 1. The van der Waals surface area contributed by atoms with Crippen LogP contribution in [0.4, 0.5) is 4.79 Å². The number of amides is 2. The number of aliphatic hydroxyl groups excluding tert-OH is 1. The first-order chi connectivity index (χ1) is 5.07. The first-order valence-electron chi connectivity index (χ1n) is 2.94. The highest BCUT2D eigenvalue weighted by molar-refractivity contribution is 5.76. The number of carbonyl (C=O) groups excluding carboxylic acids is 1. The molecule has 6 heteroatoms. The maximum Gasteiger partial charge on any atom is 0.334 e. The summed E-state index contributed by atoms with van der Waals surface area (Å²) in [5.74, 6) is -1.36. The van der Waals surface area contributed by atoms with Crippen LogP contribution in [-0.4, -0.2) is 41.9 Å². The van der Waals surface area contributed by atoms with Crippen LogP contribution in [-0.2, 0) is 4.79 Å². The predicted octanol–water partition coefficient (Wildman–Crippen LogP) is -1.64. The zero-order chi connectivity index (χ0) is 8.85. The minimum Gasteiger partial charge on any atom is -0.479 e. The Hall–Kier alpha value is -1.30. The summed E-state index contributed by atoms with van der Waals surface area (Å²) < 4.78 is 0. The molecule has 0 saturated carbocycles. The second kappa shape index (κ2) is 4.51. The topological polar surface area (TPSA) is 98.7 Å². The maximum absolute atomic E-state index is 10.4. The van der Waals surface area contributed by atoms with Gasteiger partial charge in [0.2, 0.25) is 0 Å². The molecular formula is C5H10N2O4. The summed E-state index contributed by atoms with van der Waals surface area (Å²) in [5, 5.41) is 21.1. The smallest absolute Gasteiger partial charge is 0.334 e. The van der Waals surface area contributed by atoms with Gasteiger partial charge in [0.25, 0.3) is 0 Å². The number of urea groups is 1. The number of carboxylic acid groups (broad SMARTS) is 1. The highest BCUT2D eigenvalue weighted by atomic mass is 16.4. The fraction of sp³-hybridized carbons (Fsp3) is 0.600. The van der Waals surface area contributed by atoms with Crippen molar-refractivity contribution in [1.82, 2.24) is 10.6 Å². The average Bonchev–Trinajstić information content (AvgIpc) is 1.99. The monoisotopic (exact) mass is 162 g/mol. The van der Waals surface area contributed by atoms with E-state index in [4.69, 9.17) is 10.2 Å². The van der Waals surface area contributed by atoms with Gasteiger partial charge in [0.15, 0.2) is 6.10 Å². The Bertz CT molecular complexity index is 159. The number of carbonyl (C=O) groups is 2. The Morgan fingerprint density at radius 1 is 1.55 bits per heavy atom. The summed E-state index contributed by atoms with van der Waals surface area (Å²) >= 11 is 0. The first kappa shape index (κ1) is 9.70. The fourth-order valence-electron chi connectivity index (χ4n) is 0.365. The van der Waals surface area contributed by atoms with Gasteiger partial charge in [-0.15, -0.1) is 0 Å². The third-order valence-corrected chi connectivity index (χ3v) is 0.968. The van der Waals surface area contributed by atoms with E-state index in [0.717, 1.165) is 0 Å². The molecule has 6 nitrogen and oxygen atoms in total. The molecule has 0 aliphatic heterocycles. The number of carboxylic acids is 1. The third kappa shape index (κ3) is 4.15. The van der Waals surface area contributed by atoms with Crippen LogP contribution in [0.3, 0.4) is 0 Å². The number of nitrogens with one attached hydrogen (secondary N) is 2. The molecule has 0 aromatic carbocycles. The summed E-state index contributed by atoms with van der Waals surface area (Å²) in [7, 11) is 1.39. The van der Waals surface area contributed by atoms with Crippen LogP contribution >= 0.6 is 0 Å². The van der Waals surface area contributed by atoms with Gasteiger partial charge < -0.3 is 20.8 Å². The summed E-state index contributed by atoms with van der Waals surface area (Å²) in [6, 6.07) is -0.523. The molecule has 4 N–H and O–H groups in total. The van der Waals surface area contributed by atoms with E-state index in [1.807, 2.05) is 0 Å². The van der Waals surface area contributed by atoms with Crippen molar-refractivity contribution in [2.45, 2.75) is 6.10 Å². The van der Waals surface area contributed by atoms with Crippen molar-refractivity contribution >= 4 is 12.0 Å². The molecule has 0 fully saturated rings. The molecular weight excluding hydrogens is 152 g/mol. The Kier molecular flexibility index (Phi) is 3.97. The lowest BCUT2D eigenvalue weighted by Crippen LogP contribution is -2.40. The predicted molar refractivity (Wildman–Crippen MR) is 36.1 cm³/mol. The standard InChI is InChI=1S/C5H10N2O4/c1-6-5(11)7-2-3(8)4(9)10/h3,8H,2H2,1H3,(H,9,10)(H2,6,7,11)/t3-/m0/s1. The van der Waals surface area contributed by atoms with Gasteiger partial charge in [-0.2, -0.15) is 0 Å². The SMILES string of the molecule is CNC(=O)NC[C@H](O)C(=O)O. The van der Waals surface area contributed by atoms with Crippen molar-refractivity contribution in [1.29, 1.82) is 0 Å². The van der Waals surface area contributed by atoms with Crippen LogP contribution < -0.4 is 10.6 Å². The lowest BCUT2D eigenvalue weighted by atomic mass is 10.4. The summed E-state index contributed by atoms with van der Waals surface area (Å²) in [4.78, 5) is 20.4. The van der Waals surface area contributed by atoms with Crippen molar-refractivity contribution in [3.63, 3.8) is 0 Å². The Morgan fingerprint density at radius 3 is 2.45 bits per heavy atom. The Morgan fingerprint density at radius 2 is 2.09 bits per heavy atom. The minimum atomic E-state index is -1.55. The molecule has 64 valence electrons. The van der Waals surface area contributed by atoms with Crippen molar-refractivity contribution in [2.24, 2.45) is 0 Å². The molecule has 0 heterocycles. The molecule has 0 radical (unpaired) electrons. The molecule has 0 aromatic rings. The van der Waals surface area contributed by atoms with E-state index >= 15 is 0 Å². The van der Waals surface area contributed by atoms with Gasteiger partial charge in [0.1, 0.15) is 0 Å². The maximum atomic E-state index is 10.4. The van der Waals surface area contributed by atoms with Crippen molar-refractivity contribution in [3.8, 4) is 0 Å². The normalized spacial score (nSPS) is 11.8. The molecule has 2 amide bonds. The fourth-order valence-corrected chi connectivity index (χ4v) is 0.365. The lowest BCUT2D eigenvalue weighted by molar-refractivity contribution is -0.146. The van der Waals surface area contributed by atoms with E-state index in [2.05, 4.69) is 10.6 Å². The number of hydrogen-bond acceptors (Lipinski definition) is 3. The van der Waals surface area contributed by atoms with E-state index < -0.39 is 18.1 Å². The molecule has 0 bridgehead atoms. The molecule has 1 atom stereocenters.